The molecule has 0 spiro atoms. The Morgan fingerprint density at radius 3 is 2.18 bits per heavy atom. The summed E-state index contributed by atoms with van der Waals surface area (Å²) in [6.07, 6.45) is 9.56. The number of hydrogen-bond donors (Lipinski definition) is 1. The highest BCUT2D eigenvalue weighted by Gasteiger charge is 2.42. The van der Waals surface area contributed by atoms with E-state index in [9.17, 15) is 4.79 Å². The van der Waals surface area contributed by atoms with E-state index >= 15 is 0 Å². The lowest BCUT2D eigenvalue weighted by Crippen LogP contribution is -2.46. The predicted molar refractivity (Wildman–Crippen MR) is 65.8 cm³/mol. The van der Waals surface area contributed by atoms with Crippen LogP contribution in [0.2, 0.25) is 0 Å². The Labute approximate surface area is 103 Å². The zero-order valence-corrected chi connectivity index (χ0v) is 10.5. The average Bonchev–Trinajstić information content (AvgIpc) is 2.43. The van der Waals surface area contributed by atoms with Gasteiger partial charge >= 0.3 is 5.97 Å². The maximum Gasteiger partial charge on any atom is 0.303 e. The Hall–Kier alpha value is -0.570. The largest absolute Gasteiger partial charge is 0.481 e. The first-order valence-electron chi connectivity index (χ1n) is 7.20. The van der Waals surface area contributed by atoms with Crippen molar-refractivity contribution in [2.45, 2.75) is 63.5 Å². The fourth-order valence-electron chi connectivity index (χ4n) is 4.07. The molecular formula is C14H23NO2. The maximum atomic E-state index is 10.8. The van der Waals surface area contributed by atoms with Crippen LogP contribution in [-0.4, -0.2) is 34.6 Å². The number of piperidine rings is 1. The van der Waals surface area contributed by atoms with E-state index in [2.05, 4.69) is 4.90 Å². The van der Waals surface area contributed by atoms with Crippen LogP contribution in [0, 0.1) is 11.8 Å². The summed E-state index contributed by atoms with van der Waals surface area (Å²) in [5, 5.41) is 8.90. The first-order valence-corrected chi connectivity index (χ1v) is 7.20. The van der Waals surface area contributed by atoms with Gasteiger partial charge in [-0.3, -0.25) is 9.69 Å². The van der Waals surface area contributed by atoms with Crippen LogP contribution < -0.4 is 0 Å². The summed E-state index contributed by atoms with van der Waals surface area (Å²) >= 11 is 0. The quantitative estimate of drug-likeness (QED) is 0.816. The highest BCUT2D eigenvalue weighted by Crippen LogP contribution is 2.41. The zero-order valence-electron chi connectivity index (χ0n) is 10.5. The van der Waals surface area contributed by atoms with Crippen LogP contribution in [0.25, 0.3) is 0 Å². The number of rotatable bonds is 4. The molecule has 1 N–H and O–H groups in total. The Kier molecular flexibility index (Phi) is 3.12. The van der Waals surface area contributed by atoms with Crippen LogP contribution in [0.5, 0.6) is 0 Å². The fourth-order valence-corrected chi connectivity index (χ4v) is 4.07. The van der Waals surface area contributed by atoms with Gasteiger partial charge in [-0.25, -0.2) is 0 Å². The highest BCUT2D eigenvalue weighted by molar-refractivity contribution is 5.67. The third kappa shape index (κ3) is 2.35. The molecule has 3 rings (SSSR count). The second-order valence-electron chi connectivity index (χ2n) is 6.31. The van der Waals surface area contributed by atoms with Gasteiger partial charge in [0.2, 0.25) is 0 Å². The number of aliphatic carboxylic acids is 1. The number of fused-ring (bicyclic) bond motifs is 2. The van der Waals surface area contributed by atoms with Gasteiger partial charge in [-0.05, 0) is 50.4 Å². The van der Waals surface area contributed by atoms with E-state index in [1.54, 1.807) is 0 Å². The third-order valence-corrected chi connectivity index (χ3v) is 5.14. The van der Waals surface area contributed by atoms with Crippen LogP contribution in [0.15, 0.2) is 0 Å². The van der Waals surface area contributed by atoms with Crippen LogP contribution >= 0.6 is 0 Å². The molecule has 1 aliphatic carbocycles. The standard InChI is InChI=1S/C14H23NO2/c16-14(17)8-11-6-12-4-5-13(7-11)15(12)9-10-2-1-3-10/h10-13H,1-9H2,(H,16,17). The summed E-state index contributed by atoms with van der Waals surface area (Å²) in [7, 11) is 0. The monoisotopic (exact) mass is 237 g/mol. The number of nitrogens with zero attached hydrogens (tertiary/aromatic N) is 1. The van der Waals surface area contributed by atoms with Gasteiger partial charge in [-0.15, -0.1) is 0 Å². The molecule has 0 aromatic heterocycles. The zero-order chi connectivity index (χ0) is 11.8. The van der Waals surface area contributed by atoms with Crippen LogP contribution in [0.4, 0.5) is 0 Å². The molecule has 2 aliphatic heterocycles. The molecule has 2 saturated heterocycles. The molecule has 3 fully saturated rings. The minimum absolute atomic E-state index is 0.393. The Bertz CT molecular complexity index is 287. The number of hydrogen-bond acceptors (Lipinski definition) is 2. The topological polar surface area (TPSA) is 40.5 Å². The minimum atomic E-state index is -0.609. The van der Waals surface area contributed by atoms with Crippen molar-refractivity contribution in [1.82, 2.24) is 4.90 Å². The van der Waals surface area contributed by atoms with Gasteiger partial charge in [-0.2, -0.15) is 0 Å². The molecule has 0 aromatic rings. The normalized spacial score (nSPS) is 38.0. The van der Waals surface area contributed by atoms with E-state index in [0.29, 0.717) is 24.4 Å². The first kappa shape index (κ1) is 11.5. The second-order valence-corrected chi connectivity index (χ2v) is 6.31. The van der Waals surface area contributed by atoms with E-state index < -0.39 is 5.97 Å². The second kappa shape index (κ2) is 4.60. The molecule has 0 radical (unpaired) electrons. The molecule has 3 nitrogen and oxygen atoms in total. The summed E-state index contributed by atoms with van der Waals surface area (Å²) in [5.41, 5.74) is 0. The van der Waals surface area contributed by atoms with E-state index in [1.807, 2.05) is 0 Å². The van der Waals surface area contributed by atoms with Crippen molar-refractivity contribution in [2.75, 3.05) is 6.54 Å². The van der Waals surface area contributed by atoms with Crippen LogP contribution in [0.3, 0.4) is 0 Å². The fraction of sp³-hybridized carbons (Fsp3) is 0.929. The van der Waals surface area contributed by atoms with Crippen molar-refractivity contribution in [1.29, 1.82) is 0 Å². The molecule has 3 aliphatic rings. The number of carboxylic acids is 1. The van der Waals surface area contributed by atoms with Crippen molar-refractivity contribution in [3.8, 4) is 0 Å². The van der Waals surface area contributed by atoms with Crippen molar-refractivity contribution < 1.29 is 9.90 Å². The van der Waals surface area contributed by atoms with Crippen molar-refractivity contribution in [3.05, 3.63) is 0 Å². The molecule has 2 bridgehead atoms. The van der Waals surface area contributed by atoms with Crippen molar-refractivity contribution >= 4 is 5.97 Å². The van der Waals surface area contributed by atoms with Crippen LogP contribution in [-0.2, 0) is 4.79 Å². The van der Waals surface area contributed by atoms with Gasteiger partial charge in [0.15, 0.2) is 0 Å². The van der Waals surface area contributed by atoms with Gasteiger partial charge in [0.25, 0.3) is 0 Å². The smallest absolute Gasteiger partial charge is 0.303 e. The average molecular weight is 237 g/mol. The Morgan fingerprint density at radius 2 is 1.71 bits per heavy atom. The lowest BCUT2D eigenvalue weighted by molar-refractivity contribution is -0.138. The summed E-state index contributed by atoms with van der Waals surface area (Å²) in [5.74, 6) is 0.790. The van der Waals surface area contributed by atoms with E-state index in [-0.39, 0.29) is 0 Å². The summed E-state index contributed by atoms with van der Waals surface area (Å²) in [6, 6.07) is 1.41. The molecule has 17 heavy (non-hydrogen) atoms. The van der Waals surface area contributed by atoms with Gasteiger partial charge in [-0.1, -0.05) is 6.42 Å². The molecular weight excluding hydrogens is 214 g/mol. The maximum absolute atomic E-state index is 10.8. The van der Waals surface area contributed by atoms with Gasteiger partial charge in [0.05, 0.1) is 0 Å². The van der Waals surface area contributed by atoms with Gasteiger partial charge in [0, 0.05) is 25.0 Å². The third-order valence-electron chi connectivity index (χ3n) is 5.14. The number of carbonyl (C=O) groups is 1. The SMILES string of the molecule is O=C(O)CC1CC2CCC(C1)N2CC1CCC1. The predicted octanol–water partition coefficient (Wildman–Crippen LogP) is 2.50. The van der Waals surface area contributed by atoms with Crippen LogP contribution in [0.1, 0.15) is 51.4 Å². The molecule has 2 heterocycles. The summed E-state index contributed by atoms with van der Waals surface area (Å²) in [6.45, 7) is 1.30. The van der Waals surface area contributed by atoms with Crippen molar-refractivity contribution in [2.24, 2.45) is 11.8 Å². The molecule has 2 unspecified atom stereocenters. The van der Waals surface area contributed by atoms with Crippen molar-refractivity contribution in [3.63, 3.8) is 0 Å². The number of carboxylic acid groups (broad SMARTS) is 1. The summed E-state index contributed by atoms with van der Waals surface area (Å²) in [4.78, 5) is 13.5. The lowest BCUT2D eigenvalue weighted by atomic mass is 9.82. The molecule has 0 amide bonds. The van der Waals surface area contributed by atoms with E-state index in [0.717, 1.165) is 18.8 Å². The summed E-state index contributed by atoms with van der Waals surface area (Å²) < 4.78 is 0. The lowest BCUT2D eigenvalue weighted by Gasteiger charge is -2.42. The first-order chi connectivity index (χ1) is 8.22. The molecule has 3 heteroatoms. The minimum Gasteiger partial charge on any atom is -0.481 e. The van der Waals surface area contributed by atoms with Gasteiger partial charge in [0.1, 0.15) is 0 Å². The van der Waals surface area contributed by atoms with E-state index in [1.165, 1.54) is 38.6 Å². The van der Waals surface area contributed by atoms with E-state index in [4.69, 9.17) is 5.11 Å². The Morgan fingerprint density at radius 1 is 1.06 bits per heavy atom. The molecule has 0 aromatic carbocycles. The molecule has 2 atom stereocenters. The molecule has 96 valence electrons. The highest BCUT2D eigenvalue weighted by atomic mass is 16.4. The molecule has 1 saturated carbocycles. The van der Waals surface area contributed by atoms with Gasteiger partial charge < -0.3 is 5.11 Å². The Balaban J connectivity index is 1.57.